The van der Waals surface area contributed by atoms with Crippen molar-refractivity contribution in [3.63, 3.8) is 0 Å². The second-order valence-corrected chi connectivity index (χ2v) is 5.00. The maximum Gasteiger partial charge on any atom is 0.274 e. The number of nitrogens with two attached hydrogens (primary N) is 1. The third-order valence-corrected chi connectivity index (χ3v) is 3.92. The van der Waals surface area contributed by atoms with Crippen LogP contribution in [0.2, 0.25) is 0 Å². The highest BCUT2D eigenvalue weighted by Gasteiger charge is 2.38. The minimum Gasteiger partial charge on any atom is -0.382 e. The van der Waals surface area contributed by atoms with E-state index in [4.69, 9.17) is 5.73 Å². The first-order valence-corrected chi connectivity index (χ1v) is 6.12. The topological polar surface area (TPSA) is 72.1 Å². The lowest BCUT2D eigenvalue weighted by Crippen LogP contribution is -2.30. The van der Waals surface area contributed by atoms with Crippen molar-refractivity contribution in [2.45, 2.75) is 19.3 Å². The summed E-state index contributed by atoms with van der Waals surface area (Å²) in [6.07, 6.45) is 3.85. The number of anilines is 1. The molecular formula is C12H16N4O. The van der Waals surface area contributed by atoms with Crippen molar-refractivity contribution in [2.24, 2.45) is 11.8 Å². The number of nitrogen functional groups attached to an aromatic ring is 1. The Morgan fingerprint density at radius 2 is 1.94 bits per heavy atom. The van der Waals surface area contributed by atoms with Crippen molar-refractivity contribution >= 4 is 11.7 Å². The number of carbonyl (C=O) groups is 1. The molecule has 5 heteroatoms. The van der Waals surface area contributed by atoms with E-state index in [0.717, 1.165) is 13.1 Å². The summed E-state index contributed by atoms with van der Waals surface area (Å²) in [5.41, 5.74) is 5.86. The van der Waals surface area contributed by atoms with Crippen LogP contribution in [0.3, 0.4) is 0 Å². The Hall–Kier alpha value is -1.65. The molecule has 2 unspecified atom stereocenters. The van der Waals surface area contributed by atoms with Crippen LogP contribution >= 0.6 is 0 Å². The van der Waals surface area contributed by atoms with Gasteiger partial charge < -0.3 is 10.6 Å². The first-order chi connectivity index (χ1) is 8.24. The van der Waals surface area contributed by atoms with Gasteiger partial charge in [-0.25, -0.2) is 0 Å². The molecule has 5 nitrogen and oxygen atoms in total. The molecule has 3 rings (SSSR count). The Labute approximate surface area is 100 Å². The molecule has 1 amide bonds. The summed E-state index contributed by atoms with van der Waals surface area (Å²) in [4.78, 5) is 14.1. The number of aromatic nitrogens is 2. The van der Waals surface area contributed by atoms with E-state index in [9.17, 15) is 4.79 Å². The smallest absolute Gasteiger partial charge is 0.274 e. The van der Waals surface area contributed by atoms with Gasteiger partial charge in [-0.15, -0.1) is 10.2 Å². The summed E-state index contributed by atoms with van der Waals surface area (Å²) in [5.74, 6) is 1.76. The summed E-state index contributed by atoms with van der Waals surface area (Å²) in [6, 6.07) is 3.27. The molecule has 17 heavy (non-hydrogen) atoms. The first kappa shape index (κ1) is 10.5. The quantitative estimate of drug-likeness (QED) is 0.781. The molecule has 2 fully saturated rings. The van der Waals surface area contributed by atoms with E-state index in [0.29, 0.717) is 23.3 Å². The number of amides is 1. The molecule has 2 heterocycles. The average molecular weight is 232 g/mol. The normalized spacial score (nSPS) is 27.2. The van der Waals surface area contributed by atoms with Crippen molar-refractivity contribution in [3.05, 3.63) is 17.8 Å². The molecule has 0 aromatic carbocycles. The number of hydrogen-bond donors (Lipinski definition) is 1. The lowest BCUT2D eigenvalue weighted by molar-refractivity contribution is 0.0773. The van der Waals surface area contributed by atoms with E-state index in [2.05, 4.69) is 10.2 Å². The molecule has 2 atom stereocenters. The Morgan fingerprint density at radius 3 is 2.53 bits per heavy atom. The molecule has 2 N–H and O–H groups in total. The summed E-state index contributed by atoms with van der Waals surface area (Å²) in [6.45, 7) is 1.77. The van der Waals surface area contributed by atoms with Crippen LogP contribution in [0.25, 0.3) is 0 Å². The van der Waals surface area contributed by atoms with E-state index in [1.54, 1.807) is 12.1 Å². The SMILES string of the molecule is Nc1ccc(C(=O)N2CC3CCCC3C2)nn1. The van der Waals surface area contributed by atoms with E-state index < -0.39 is 0 Å². The van der Waals surface area contributed by atoms with Gasteiger partial charge in [-0.3, -0.25) is 4.79 Å². The van der Waals surface area contributed by atoms with Crippen LogP contribution < -0.4 is 5.73 Å². The van der Waals surface area contributed by atoms with E-state index in [-0.39, 0.29) is 5.91 Å². The van der Waals surface area contributed by atoms with Crippen LogP contribution in [0.1, 0.15) is 29.8 Å². The van der Waals surface area contributed by atoms with Crippen LogP contribution in [-0.4, -0.2) is 34.1 Å². The Morgan fingerprint density at radius 1 is 1.24 bits per heavy atom. The summed E-state index contributed by atoms with van der Waals surface area (Å²) in [5, 5.41) is 7.57. The molecule has 1 aromatic heterocycles. The summed E-state index contributed by atoms with van der Waals surface area (Å²) < 4.78 is 0. The van der Waals surface area contributed by atoms with Crippen LogP contribution in [0, 0.1) is 11.8 Å². The predicted molar refractivity (Wildman–Crippen MR) is 63.2 cm³/mol. The molecule has 90 valence electrons. The van der Waals surface area contributed by atoms with Crippen LogP contribution in [0.5, 0.6) is 0 Å². The van der Waals surface area contributed by atoms with Crippen LogP contribution in [-0.2, 0) is 0 Å². The van der Waals surface area contributed by atoms with Gasteiger partial charge in [0, 0.05) is 13.1 Å². The molecule has 1 aliphatic heterocycles. The number of nitrogens with zero attached hydrogens (tertiary/aromatic N) is 3. The minimum atomic E-state index is -0.00750. The molecule has 0 spiro atoms. The monoisotopic (exact) mass is 232 g/mol. The number of likely N-dealkylation sites (tertiary alicyclic amines) is 1. The van der Waals surface area contributed by atoms with Gasteiger partial charge in [0.15, 0.2) is 5.69 Å². The largest absolute Gasteiger partial charge is 0.382 e. The Bertz CT molecular complexity index is 419. The highest BCUT2D eigenvalue weighted by Crippen LogP contribution is 2.37. The van der Waals surface area contributed by atoms with Gasteiger partial charge in [0.05, 0.1) is 0 Å². The van der Waals surface area contributed by atoms with Gasteiger partial charge in [-0.05, 0) is 36.8 Å². The van der Waals surface area contributed by atoms with E-state index >= 15 is 0 Å². The number of rotatable bonds is 1. The maximum absolute atomic E-state index is 12.2. The molecule has 0 radical (unpaired) electrons. The lowest BCUT2D eigenvalue weighted by Gasteiger charge is -2.16. The van der Waals surface area contributed by atoms with Crippen molar-refractivity contribution in [1.82, 2.24) is 15.1 Å². The number of fused-ring (bicyclic) bond motifs is 1. The lowest BCUT2D eigenvalue weighted by atomic mass is 10.0. The first-order valence-electron chi connectivity index (χ1n) is 6.12. The van der Waals surface area contributed by atoms with Crippen molar-refractivity contribution in [2.75, 3.05) is 18.8 Å². The second-order valence-electron chi connectivity index (χ2n) is 5.00. The highest BCUT2D eigenvalue weighted by molar-refractivity contribution is 5.92. The second kappa shape index (κ2) is 3.98. The van der Waals surface area contributed by atoms with Crippen molar-refractivity contribution in [3.8, 4) is 0 Å². The fraction of sp³-hybridized carbons (Fsp3) is 0.583. The highest BCUT2D eigenvalue weighted by atomic mass is 16.2. The van der Waals surface area contributed by atoms with Gasteiger partial charge in [0.25, 0.3) is 5.91 Å². The number of hydrogen-bond acceptors (Lipinski definition) is 4. The van der Waals surface area contributed by atoms with Gasteiger partial charge in [0.2, 0.25) is 0 Å². The molecule has 1 aromatic rings. The maximum atomic E-state index is 12.2. The molecule has 1 saturated carbocycles. The fourth-order valence-corrected chi connectivity index (χ4v) is 3.02. The molecule has 1 aliphatic carbocycles. The van der Waals surface area contributed by atoms with E-state index in [1.165, 1.54) is 19.3 Å². The van der Waals surface area contributed by atoms with Gasteiger partial charge in [0.1, 0.15) is 5.82 Å². The Balaban J connectivity index is 1.73. The van der Waals surface area contributed by atoms with Crippen molar-refractivity contribution in [1.29, 1.82) is 0 Å². The zero-order valence-electron chi connectivity index (χ0n) is 9.67. The average Bonchev–Trinajstić information content (AvgIpc) is 2.89. The molecule has 0 bridgehead atoms. The van der Waals surface area contributed by atoms with E-state index in [1.807, 2.05) is 4.90 Å². The van der Waals surface area contributed by atoms with Gasteiger partial charge >= 0.3 is 0 Å². The molecule has 1 saturated heterocycles. The molecular weight excluding hydrogens is 216 g/mol. The Kier molecular flexibility index (Phi) is 2.46. The zero-order valence-corrected chi connectivity index (χ0v) is 9.67. The number of carbonyl (C=O) groups excluding carboxylic acids is 1. The van der Waals surface area contributed by atoms with Crippen LogP contribution in [0.15, 0.2) is 12.1 Å². The molecule has 2 aliphatic rings. The third kappa shape index (κ3) is 1.85. The fourth-order valence-electron chi connectivity index (χ4n) is 3.02. The van der Waals surface area contributed by atoms with Crippen LogP contribution in [0.4, 0.5) is 5.82 Å². The summed E-state index contributed by atoms with van der Waals surface area (Å²) >= 11 is 0. The minimum absolute atomic E-state index is 0.00750. The standard InChI is InChI=1S/C12H16N4O/c13-11-5-4-10(14-15-11)12(17)16-6-8-2-1-3-9(8)7-16/h4-5,8-9H,1-3,6-7H2,(H2,13,15). The predicted octanol–water partition coefficient (Wildman–Crippen LogP) is 0.931. The van der Waals surface area contributed by atoms with Crippen molar-refractivity contribution < 1.29 is 4.79 Å². The third-order valence-electron chi connectivity index (χ3n) is 3.92. The zero-order chi connectivity index (χ0) is 11.8. The van der Waals surface area contributed by atoms with Gasteiger partial charge in [-0.2, -0.15) is 0 Å². The summed E-state index contributed by atoms with van der Waals surface area (Å²) in [7, 11) is 0. The van der Waals surface area contributed by atoms with Gasteiger partial charge in [-0.1, -0.05) is 6.42 Å².